The van der Waals surface area contributed by atoms with E-state index in [2.05, 4.69) is 5.32 Å². The summed E-state index contributed by atoms with van der Waals surface area (Å²) in [5, 5.41) is 3.70. The molecule has 1 aliphatic rings. The van der Waals surface area contributed by atoms with Crippen LogP contribution in [-0.2, 0) is 14.3 Å². The van der Waals surface area contributed by atoms with Gasteiger partial charge in [-0.05, 0) is 50.1 Å². The third kappa shape index (κ3) is 4.83. The normalized spacial score (nSPS) is 13.9. The number of ether oxygens (including phenoxy) is 2. The molecule has 1 heterocycles. The molecule has 0 bridgehead atoms. The predicted molar refractivity (Wildman–Crippen MR) is 117 cm³/mol. The Balaban J connectivity index is 1.96. The fourth-order valence-electron chi connectivity index (χ4n) is 3.23. The zero-order chi connectivity index (χ0) is 21.5. The molecule has 30 heavy (non-hydrogen) atoms. The van der Waals surface area contributed by atoms with Crippen molar-refractivity contribution >= 4 is 34.7 Å². The third-order valence-corrected chi connectivity index (χ3v) is 4.87. The number of imide groups is 1. The van der Waals surface area contributed by atoms with Crippen LogP contribution in [0.3, 0.4) is 0 Å². The number of hydrogen-bond donors (Lipinski definition) is 1. The molecule has 0 unspecified atom stereocenters. The molecular formula is C23H25ClN2O4. The summed E-state index contributed by atoms with van der Waals surface area (Å²) in [6.45, 7) is 5.64. The summed E-state index contributed by atoms with van der Waals surface area (Å²) in [7, 11) is 0. The third-order valence-electron chi connectivity index (χ3n) is 4.62. The molecule has 0 aliphatic carbocycles. The van der Waals surface area contributed by atoms with Crippen LogP contribution in [0.5, 0.6) is 5.75 Å². The lowest BCUT2D eigenvalue weighted by atomic mass is 10.0. The molecule has 0 saturated carbocycles. The minimum absolute atomic E-state index is 0.228. The van der Waals surface area contributed by atoms with E-state index >= 15 is 0 Å². The maximum atomic E-state index is 13.2. The molecule has 6 nitrogen and oxygen atoms in total. The summed E-state index contributed by atoms with van der Waals surface area (Å²) in [6.07, 6.45) is 0.571. The van der Waals surface area contributed by atoms with Gasteiger partial charge in [0.15, 0.2) is 0 Å². The quantitative estimate of drug-likeness (QED) is 0.450. The van der Waals surface area contributed by atoms with Gasteiger partial charge in [-0.2, -0.15) is 0 Å². The molecule has 1 aliphatic heterocycles. The summed E-state index contributed by atoms with van der Waals surface area (Å²) in [5.41, 5.74) is 1.80. The van der Waals surface area contributed by atoms with Crippen molar-refractivity contribution in [2.24, 2.45) is 0 Å². The van der Waals surface area contributed by atoms with Gasteiger partial charge in [0.25, 0.3) is 11.8 Å². The van der Waals surface area contributed by atoms with Crippen molar-refractivity contribution in [1.29, 1.82) is 0 Å². The lowest BCUT2D eigenvalue weighted by Crippen LogP contribution is -2.34. The molecule has 3 rings (SSSR count). The first-order chi connectivity index (χ1) is 14.6. The molecule has 0 aromatic heterocycles. The second kappa shape index (κ2) is 10.3. The fraction of sp³-hybridized carbons (Fsp3) is 0.304. The number of carbonyl (C=O) groups is 2. The molecule has 0 saturated heterocycles. The number of rotatable bonds is 10. The zero-order valence-corrected chi connectivity index (χ0v) is 17.9. The monoisotopic (exact) mass is 428 g/mol. The first kappa shape index (κ1) is 21.9. The number of carbonyl (C=O) groups excluding carboxylic acids is 2. The summed E-state index contributed by atoms with van der Waals surface area (Å²) in [5.74, 6) is -0.0963. The highest BCUT2D eigenvalue weighted by atomic mass is 35.5. The second-order valence-electron chi connectivity index (χ2n) is 6.62. The standard InChI is InChI=1S/C23H25ClN2O4/c1-3-29-15-7-14-26-22(27)20(16-10-12-17(24)13-11-16)21(23(26)28)25-18-8-5-6-9-19(18)30-4-2/h5-6,8-13,25H,3-4,7,14-15H2,1-2H3. The molecule has 7 heteroatoms. The molecule has 158 valence electrons. The molecule has 2 aromatic rings. The van der Waals surface area contributed by atoms with Gasteiger partial charge in [0, 0.05) is 24.8 Å². The summed E-state index contributed by atoms with van der Waals surface area (Å²) in [4.78, 5) is 27.6. The first-order valence-electron chi connectivity index (χ1n) is 9.99. The summed E-state index contributed by atoms with van der Waals surface area (Å²) >= 11 is 6.01. The van der Waals surface area contributed by atoms with Crippen molar-refractivity contribution in [2.75, 3.05) is 31.7 Å². The van der Waals surface area contributed by atoms with Crippen molar-refractivity contribution < 1.29 is 19.1 Å². The topological polar surface area (TPSA) is 67.9 Å². The predicted octanol–water partition coefficient (Wildman–Crippen LogP) is 4.36. The molecule has 0 atom stereocenters. The largest absolute Gasteiger partial charge is 0.492 e. The Bertz CT molecular complexity index is 940. The van der Waals surface area contributed by atoms with Crippen LogP contribution in [0, 0.1) is 0 Å². The van der Waals surface area contributed by atoms with Crippen LogP contribution in [-0.4, -0.2) is 43.1 Å². The van der Waals surface area contributed by atoms with E-state index in [1.54, 1.807) is 24.3 Å². The van der Waals surface area contributed by atoms with Crippen LogP contribution in [0.1, 0.15) is 25.8 Å². The Morgan fingerprint density at radius 2 is 1.70 bits per heavy atom. The highest BCUT2D eigenvalue weighted by molar-refractivity contribution is 6.37. The highest BCUT2D eigenvalue weighted by Crippen LogP contribution is 2.33. The number of nitrogens with one attached hydrogen (secondary N) is 1. The van der Waals surface area contributed by atoms with Gasteiger partial charge in [0.1, 0.15) is 11.4 Å². The maximum absolute atomic E-state index is 13.2. The average molecular weight is 429 g/mol. The van der Waals surface area contributed by atoms with Crippen LogP contribution in [0.15, 0.2) is 54.2 Å². The number of halogens is 1. The molecular weight excluding hydrogens is 404 g/mol. The molecule has 1 N–H and O–H groups in total. The lowest BCUT2D eigenvalue weighted by Gasteiger charge is -2.16. The fourth-order valence-corrected chi connectivity index (χ4v) is 3.36. The summed E-state index contributed by atoms with van der Waals surface area (Å²) in [6, 6.07) is 14.2. The van der Waals surface area contributed by atoms with Gasteiger partial charge in [-0.25, -0.2) is 0 Å². The number of benzene rings is 2. The van der Waals surface area contributed by atoms with E-state index in [0.717, 1.165) is 0 Å². The van der Waals surface area contributed by atoms with Gasteiger partial charge in [-0.1, -0.05) is 35.9 Å². The van der Waals surface area contributed by atoms with Crippen LogP contribution in [0.25, 0.3) is 5.57 Å². The van der Waals surface area contributed by atoms with Gasteiger partial charge >= 0.3 is 0 Å². The van der Waals surface area contributed by atoms with Crippen LogP contribution in [0.2, 0.25) is 5.02 Å². The smallest absolute Gasteiger partial charge is 0.278 e. The van der Waals surface area contributed by atoms with Gasteiger partial charge in [-0.3, -0.25) is 14.5 Å². The van der Waals surface area contributed by atoms with Gasteiger partial charge in [-0.15, -0.1) is 0 Å². The maximum Gasteiger partial charge on any atom is 0.278 e. The van der Waals surface area contributed by atoms with E-state index in [4.69, 9.17) is 21.1 Å². The molecule has 2 amide bonds. The first-order valence-corrected chi connectivity index (χ1v) is 10.4. The molecule has 0 spiro atoms. The number of amides is 2. The summed E-state index contributed by atoms with van der Waals surface area (Å²) < 4.78 is 11.0. The van der Waals surface area contributed by atoms with E-state index in [-0.39, 0.29) is 24.1 Å². The van der Waals surface area contributed by atoms with Crippen molar-refractivity contribution in [1.82, 2.24) is 4.90 Å². The van der Waals surface area contributed by atoms with E-state index in [1.807, 2.05) is 38.1 Å². The van der Waals surface area contributed by atoms with Crippen molar-refractivity contribution in [2.45, 2.75) is 20.3 Å². The number of anilines is 1. The van der Waals surface area contributed by atoms with Crippen LogP contribution in [0.4, 0.5) is 5.69 Å². The minimum Gasteiger partial charge on any atom is -0.492 e. The molecule has 0 fully saturated rings. The van der Waals surface area contributed by atoms with Gasteiger partial charge in [0.05, 0.1) is 17.9 Å². The van der Waals surface area contributed by atoms with E-state index in [9.17, 15) is 9.59 Å². The number of nitrogens with zero attached hydrogens (tertiary/aromatic N) is 1. The van der Waals surface area contributed by atoms with Crippen molar-refractivity contribution in [3.63, 3.8) is 0 Å². The Morgan fingerprint density at radius 1 is 0.967 bits per heavy atom. The number of hydrogen-bond acceptors (Lipinski definition) is 5. The Labute approximate surface area is 181 Å². The molecule has 2 aromatic carbocycles. The van der Waals surface area contributed by atoms with Crippen molar-refractivity contribution in [3.8, 4) is 5.75 Å². The minimum atomic E-state index is -0.368. The van der Waals surface area contributed by atoms with Crippen molar-refractivity contribution in [3.05, 3.63) is 64.8 Å². The zero-order valence-electron chi connectivity index (χ0n) is 17.1. The molecule has 0 radical (unpaired) electrons. The number of para-hydroxylation sites is 2. The SMILES string of the molecule is CCOCCCN1C(=O)C(Nc2ccccc2OCC)=C(c2ccc(Cl)cc2)C1=O. The average Bonchev–Trinajstić information content (AvgIpc) is 2.97. The van der Waals surface area contributed by atoms with E-state index < -0.39 is 0 Å². The van der Waals surface area contributed by atoms with Gasteiger partial charge < -0.3 is 14.8 Å². The Morgan fingerprint density at radius 3 is 2.40 bits per heavy atom. The highest BCUT2D eigenvalue weighted by Gasteiger charge is 2.39. The second-order valence-corrected chi connectivity index (χ2v) is 7.06. The lowest BCUT2D eigenvalue weighted by molar-refractivity contribution is -0.137. The van der Waals surface area contributed by atoms with E-state index in [0.29, 0.717) is 53.8 Å². The van der Waals surface area contributed by atoms with Gasteiger partial charge in [0.2, 0.25) is 0 Å². The van der Waals surface area contributed by atoms with Crippen LogP contribution >= 0.6 is 11.6 Å². The van der Waals surface area contributed by atoms with Crippen LogP contribution < -0.4 is 10.1 Å². The Kier molecular flexibility index (Phi) is 7.49. The van der Waals surface area contributed by atoms with E-state index in [1.165, 1.54) is 4.90 Å². The Hall–Kier alpha value is -2.83.